The maximum absolute atomic E-state index is 9.23. The first-order chi connectivity index (χ1) is 15.7. The van der Waals surface area contributed by atoms with Gasteiger partial charge < -0.3 is 19.0 Å². The highest BCUT2D eigenvalue weighted by Gasteiger charge is 2.12. The molecule has 0 bridgehead atoms. The number of hydrogen-bond acceptors (Lipinski definition) is 6. The summed E-state index contributed by atoms with van der Waals surface area (Å²) in [7, 11) is 3.27. The van der Waals surface area contributed by atoms with E-state index in [1.807, 2.05) is 67.0 Å². The molecule has 5 rings (SSSR count). The van der Waals surface area contributed by atoms with E-state index in [2.05, 4.69) is 9.97 Å². The zero-order valence-corrected chi connectivity index (χ0v) is 17.8. The van der Waals surface area contributed by atoms with Gasteiger partial charge in [-0.3, -0.25) is 4.98 Å². The number of fused-ring (bicyclic) bond motifs is 2. The van der Waals surface area contributed by atoms with Crippen molar-refractivity contribution in [3.63, 3.8) is 0 Å². The van der Waals surface area contributed by atoms with Gasteiger partial charge in [-0.25, -0.2) is 4.98 Å². The Kier molecular flexibility index (Phi) is 5.21. The van der Waals surface area contributed by atoms with E-state index in [9.17, 15) is 5.11 Å². The average molecular weight is 426 g/mol. The highest BCUT2D eigenvalue weighted by Crippen LogP contribution is 2.34. The molecule has 0 atom stereocenters. The Morgan fingerprint density at radius 1 is 0.875 bits per heavy atom. The van der Waals surface area contributed by atoms with Crippen molar-refractivity contribution in [1.82, 2.24) is 9.97 Å². The first kappa shape index (κ1) is 20.0. The van der Waals surface area contributed by atoms with Crippen molar-refractivity contribution in [3.8, 4) is 23.0 Å². The highest BCUT2D eigenvalue weighted by molar-refractivity contribution is 5.88. The fourth-order valence-electron chi connectivity index (χ4n) is 3.88. The molecule has 0 saturated carbocycles. The summed E-state index contributed by atoms with van der Waals surface area (Å²) in [5.41, 5.74) is 5.46. The summed E-state index contributed by atoms with van der Waals surface area (Å²) in [5.74, 6) is 1.93. The van der Waals surface area contributed by atoms with Crippen LogP contribution in [0.1, 0.15) is 16.7 Å². The van der Waals surface area contributed by atoms with Gasteiger partial charge in [-0.2, -0.15) is 0 Å². The molecular weight excluding hydrogens is 404 g/mol. The molecular formula is C26H22N2O4. The van der Waals surface area contributed by atoms with Gasteiger partial charge in [-0.15, -0.1) is 0 Å². The molecule has 0 unspecified atom stereocenters. The Bertz CT molecular complexity index is 1410. The molecule has 3 aromatic carbocycles. The number of aliphatic hydroxyl groups excluding tert-OH is 1. The Hall–Kier alpha value is -3.90. The lowest BCUT2D eigenvalue weighted by Gasteiger charge is -2.11. The molecule has 0 radical (unpaired) electrons. The number of oxazole rings is 1. The van der Waals surface area contributed by atoms with E-state index >= 15 is 0 Å². The summed E-state index contributed by atoms with van der Waals surface area (Å²) in [4.78, 5) is 9.08. The largest absolute Gasteiger partial charge is 0.493 e. The number of nitrogens with zero attached hydrogens (tertiary/aromatic N) is 2. The molecule has 0 spiro atoms. The molecule has 0 aliphatic heterocycles. The van der Waals surface area contributed by atoms with Crippen LogP contribution in [0.2, 0.25) is 0 Å². The molecule has 0 aliphatic carbocycles. The third kappa shape index (κ3) is 3.65. The first-order valence-corrected chi connectivity index (χ1v) is 10.3. The third-order valence-electron chi connectivity index (χ3n) is 5.58. The smallest absolute Gasteiger partial charge is 0.227 e. The number of benzene rings is 3. The number of rotatable bonds is 6. The van der Waals surface area contributed by atoms with Crippen LogP contribution in [0.4, 0.5) is 0 Å². The minimum absolute atomic E-state index is 0.0128. The van der Waals surface area contributed by atoms with Crippen LogP contribution in [0.5, 0.6) is 11.5 Å². The van der Waals surface area contributed by atoms with Gasteiger partial charge in [0.25, 0.3) is 0 Å². The molecule has 160 valence electrons. The molecule has 5 aromatic rings. The van der Waals surface area contributed by atoms with Crippen LogP contribution >= 0.6 is 0 Å². The predicted octanol–water partition coefficient (Wildman–Crippen LogP) is 5.14. The number of methoxy groups -OCH3 is 2. The Morgan fingerprint density at radius 3 is 2.38 bits per heavy atom. The van der Waals surface area contributed by atoms with E-state index in [-0.39, 0.29) is 6.61 Å². The SMILES string of the molecule is COc1cc2cncc(Cc3ccc4oc(-c5ccc(CO)cc5)nc4c3)c2cc1OC. The van der Waals surface area contributed by atoms with E-state index in [4.69, 9.17) is 13.9 Å². The van der Waals surface area contributed by atoms with Gasteiger partial charge >= 0.3 is 0 Å². The maximum Gasteiger partial charge on any atom is 0.227 e. The van der Waals surface area contributed by atoms with Crippen molar-refractivity contribution < 1.29 is 19.0 Å². The Balaban J connectivity index is 1.49. The lowest BCUT2D eigenvalue weighted by molar-refractivity contribution is 0.282. The lowest BCUT2D eigenvalue weighted by atomic mass is 10.00. The van der Waals surface area contributed by atoms with Crippen LogP contribution < -0.4 is 9.47 Å². The van der Waals surface area contributed by atoms with E-state index in [1.54, 1.807) is 14.2 Å². The van der Waals surface area contributed by atoms with Crippen LogP contribution in [0, 0.1) is 0 Å². The van der Waals surface area contributed by atoms with Crippen LogP contribution in [0.15, 0.2) is 71.4 Å². The quantitative estimate of drug-likeness (QED) is 0.405. The zero-order chi connectivity index (χ0) is 22.1. The molecule has 0 aliphatic rings. The van der Waals surface area contributed by atoms with Gasteiger partial charge in [0.05, 0.1) is 20.8 Å². The molecule has 0 saturated heterocycles. The summed E-state index contributed by atoms with van der Waals surface area (Å²) in [6, 6.07) is 17.5. The topological polar surface area (TPSA) is 77.6 Å². The Morgan fingerprint density at radius 2 is 1.62 bits per heavy atom. The van der Waals surface area contributed by atoms with E-state index < -0.39 is 0 Å². The molecule has 2 aromatic heterocycles. The lowest BCUT2D eigenvalue weighted by Crippen LogP contribution is -1.95. The molecule has 6 nitrogen and oxygen atoms in total. The minimum Gasteiger partial charge on any atom is -0.493 e. The summed E-state index contributed by atoms with van der Waals surface area (Å²) < 4.78 is 16.8. The number of ether oxygens (including phenoxy) is 2. The molecule has 0 amide bonds. The molecule has 32 heavy (non-hydrogen) atoms. The van der Waals surface area contributed by atoms with E-state index in [0.29, 0.717) is 23.8 Å². The van der Waals surface area contributed by atoms with Gasteiger partial charge in [0.2, 0.25) is 5.89 Å². The summed E-state index contributed by atoms with van der Waals surface area (Å²) in [6.07, 6.45) is 4.41. The van der Waals surface area contributed by atoms with Crippen molar-refractivity contribution >= 4 is 21.9 Å². The van der Waals surface area contributed by atoms with Gasteiger partial charge in [-0.1, -0.05) is 18.2 Å². The Labute approximate surface area is 185 Å². The normalized spacial score (nSPS) is 11.2. The molecule has 2 heterocycles. The van der Waals surface area contributed by atoms with Gasteiger partial charge in [-0.05, 0) is 64.9 Å². The number of aliphatic hydroxyl groups is 1. The monoisotopic (exact) mass is 426 g/mol. The second kappa shape index (κ2) is 8.32. The minimum atomic E-state index is 0.0128. The third-order valence-corrected chi connectivity index (χ3v) is 5.58. The number of aromatic nitrogens is 2. The second-order valence-electron chi connectivity index (χ2n) is 7.58. The van der Waals surface area contributed by atoms with Crippen LogP contribution in [-0.4, -0.2) is 29.3 Å². The maximum atomic E-state index is 9.23. The van der Waals surface area contributed by atoms with Crippen LogP contribution in [0.25, 0.3) is 33.3 Å². The summed E-state index contributed by atoms with van der Waals surface area (Å²) in [5, 5.41) is 11.3. The molecule has 1 N–H and O–H groups in total. The standard InChI is InChI=1S/C26H22N2O4/c1-30-24-11-20-14-27-13-19(21(20)12-25(24)31-2)9-17-5-8-23-22(10-17)28-26(32-23)18-6-3-16(15-29)4-7-18/h3-8,10-14,29H,9,15H2,1-2H3. The average Bonchev–Trinajstić information content (AvgIpc) is 3.27. The van der Waals surface area contributed by atoms with Crippen molar-refractivity contribution in [1.29, 1.82) is 0 Å². The van der Waals surface area contributed by atoms with Crippen molar-refractivity contribution in [2.24, 2.45) is 0 Å². The van der Waals surface area contributed by atoms with Crippen molar-refractivity contribution in [2.75, 3.05) is 14.2 Å². The second-order valence-corrected chi connectivity index (χ2v) is 7.58. The highest BCUT2D eigenvalue weighted by atomic mass is 16.5. The summed E-state index contributed by atoms with van der Waals surface area (Å²) >= 11 is 0. The first-order valence-electron chi connectivity index (χ1n) is 10.3. The fourth-order valence-corrected chi connectivity index (χ4v) is 3.88. The molecule has 6 heteroatoms. The predicted molar refractivity (Wildman–Crippen MR) is 123 cm³/mol. The van der Waals surface area contributed by atoms with Crippen molar-refractivity contribution in [3.05, 3.63) is 83.7 Å². The summed E-state index contributed by atoms with van der Waals surface area (Å²) in [6.45, 7) is 0.0128. The molecule has 0 fully saturated rings. The van der Waals surface area contributed by atoms with E-state index in [0.717, 1.165) is 44.1 Å². The van der Waals surface area contributed by atoms with Crippen LogP contribution in [-0.2, 0) is 13.0 Å². The number of hydrogen-bond donors (Lipinski definition) is 1. The van der Waals surface area contributed by atoms with Gasteiger partial charge in [0, 0.05) is 23.3 Å². The fraction of sp³-hybridized carbons (Fsp3) is 0.154. The van der Waals surface area contributed by atoms with Crippen LogP contribution in [0.3, 0.4) is 0 Å². The van der Waals surface area contributed by atoms with E-state index in [1.165, 1.54) is 0 Å². The van der Waals surface area contributed by atoms with Crippen molar-refractivity contribution in [2.45, 2.75) is 13.0 Å². The van der Waals surface area contributed by atoms with Gasteiger partial charge in [0.1, 0.15) is 5.52 Å². The number of pyridine rings is 1. The van der Waals surface area contributed by atoms with Gasteiger partial charge in [0.15, 0.2) is 17.1 Å². The zero-order valence-electron chi connectivity index (χ0n) is 17.8.